The summed E-state index contributed by atoms with van der Waals surface area (Å²) in [6.07, 6.45) is 2.13. The Morgan fingerprint density at radius 2 is 1.44 bits per heavy atom. The Morgan fingerprint density at radius 1 is 0.667 bits per heavy atom. The lowest BCUT2D eigenvalue weighted by atomic mass is 10.0. The van der Waals surface area contributed by atoms with Gasteiger partial charge in [0.2, 0.25) is 0 Å². The molecule has 0 amide bonds. The van der Waals surface area contributed by atoms with Crippen LogP contribution in [-0.4, -0.2) is 0 Å². The van der Waals surface area contributed by atoms with Crippen molar-refractivity contribution in [2.75, 3.05) is 10.6 Å². The second kappa shape index (κ2) is 6.81. The van der Waals surface area contributed by atoms with Crippen LogP contribution in [0.1, 0.15) is 16.7 Å². The Balaban J connectivity index is 1.34. The fourth-order valence-electron chi connectivity index (χ4n) is 3.86. The van der Waals surface area contributed by atoms with E-state index in [1.54, 1.807) is 0 Å². The topological polar surface area (TPSA) is 24.1 Å². The highest BCUT2D eigenvalue weighted by molar-refractivity contribution is 5.83. The molecule has 0 radical (unpaired) electrons. The summed E-state index contributed by atoms with van der Waals surface area (Å²) in [5, 5.41) is 9.77. The molecule has 4 aromatic carbocycles. The van der Waals surface area contributed by atoms with Crippen molar-refractivity contribution in [3.05, 3.63) is 102 Å². The number of fused-ring (bicyclic) bond motifs is 3. The third-order valence-electron chi connectivity index (χ3n) is 5.37. The highest BCUT2D eigenvalue weighted by Gasteiger charge is 2.12. The highest BCUT2D eigenvalue weighted by atomic mass is 14.9. The van der Waals surface area contributed by atoms with Crippen molar-refractivity contribution >= 4 is 27.8 Å². The summed E-state index contributed by atoms with van der Waals surface area (Å²) in [7, 11) is 0. The largest absolute Gasteiger partial charge is 0.381 e. The first-order valence-corrected chi connectivity index (χ1v) is 9.54. The monoisotopic (exact) mass is 350 g/mol. The first kappa shape index (κ1) is 16.0. The van der Waals surface area contributed by atoms with Gasteiger partial charge in [0.05, 0.1) is 0 Å². The molecule has 0 saturated carbocycles. The molecule has 132 valence electrons. The number of rotatable bonds is 3. The van der Waals surface area contributed by atoms with E-state index >= 15 is 0 Å². The van der Waals surface area contributed by atoms with Gasteiger partial charge < -0.3 is 10.6 Å². The summed E-state index contributed by atoms with van der Waals surface area (Å²) in [6.45, 7) is 0.831. The van der Waals surface area contributed by atoms with E-state index in [9.17, 15) is 0 Å². The standard InChI is InChI=1S/C25H22N2/c1-2-7-21-15-18(9-10-19(21)5-1)17-26-23-13-14-25-22(16-23)12-11-20-6-3-4-8-24(20)27-25/h1-10,13-16,26-27H,11-12,17H2. The van der Waals surface area contributed by atoms with Crippen LogP contribution in [0.3, 0.4) is 0 Å². The Bertz CT molecular complexity index is 1110. The Kier molecular flexibility index (Phi) is 4.02. The first-order valence-electron chi connectivity index (χ1n) is 9.54. The summed E-state index contributed by atoms with van der Waals surface area (Å²) < 4.78 is 0. The molecule has 1 aliphatic heterocycles. The molecule has 2 N–H and O–H groups in total. The average Bonchev–Trinajstić information content (AvgIpc) is 2.91. The molecule has 2 nitrogen and oxygen atoms in total. The first-order chi connectivity index (χ1) is 13.3. The van der Waals surface area contributed by atoms with Crippen LogP contribution in [-0.2, 0) is 19.4 Å². The fourth-order valence-corrected chi connectivity index (χ4v) is 3.86. The van der Waals surface area contributed by atoms with E-state index in [2.05, 4.69) is 95.6 Å². The second-order valence-corrected chi connectivity index (χ2v) is 7.19. The molecule has 1 heterocycles. The summed E-state index contributed by atoms with van der Waals surface area (Å²) in [5.41, 5.74) is 7.68. The van der Waals surface area contributed by atoms with E-state index in [0.717, 1.165) is 19.4 Å². The molecule has 0 aliphatic carbocycles. The zero-order valence-electron chi connectivity index (χ0n) is 15.2. The lowest BCUT2D eigenvalue weighted by molar-refractivity contribution is 0.976. The lowest BCUT2D eigenvalue weighted by Gasteiger charge is -2.13. The molecule has 0 unspecified atom stereocenters. The number of benzene rings is 4. The molecule has 0 spiro atoms. The fraction of sp³-hybridized carbons (Fsp3) is 0.120. The van der Waals surface area contributed by atoms with Crippen LogP contribution >= 0.6 is 0 Å². The van der Waals surface area contributed by atoms with Crippen LogP contribution in [0.4, 0.5) is 17.1 Å². The molecule has 5 rings (SSSR count). The van der Waals surface area contributed by atoms with Crippen molar-refractivity contribution in [2.45, 2.75) is 19.4 Å². The van der Waals surface area contributed by atoms with Gasteiger partial charge in [-0.15, -0.1) is 0 Å². The Morgan fingerprint density at radius 3 is 2.41 bits per heavy atom. The SMILES string of the molecule is c1ccc2c(c1)CCc1cc(NCc3ccc4ccccc4c3)ccc1N2. The molecule has 0 bridgehead atoms. The molecule has 2 heteroatoms. The van der Waals surface area contributed by atoms with Gasteiger partial charge in [0.25, 0.3) is 0 Å². The van der Waals surface area contributed by atoms with Gasteiger partial charge >= 0.3 is 0 Å². The summed E-state index contributed by atoms with van der Waals surface area (Å²) in [4.78, 5) is 0. The minimum Gasteiger partial charge on any atom is -0.381 e. The maximum Gasteiger partial charge on any atom is 0.0418 e. The predicted octanol–water partition coefficient (Wildman–Crippen LogP) is 6.29. The van der Waals surface area contributed by atoms with Gasteiger partial charge in [-0.2, -0.15) is 0 Å². The van der Waals surface area contributed by atoms with Crippen LogP contribution in [0.2, 0.25) is 0 Å². The smallest absolute Gasteiger partial charge is 0.0418 e. The highest BCUT2D eigenvalue weighted by Crippen LogP contribution is 2.31. The molecule has 27 heavy (non-hydrogen) atoms. The zero-order valence-corrected chi connectivity index (χ0v) is 15.2. The Labute approximate surface area is 159 Å². The van der Waals surface area contributed by atoms with Crippen LogP contribution in [0.15, 0.2) is 84.9 Å². The van der Waals surface area contributed by atoms with Crippen molar-refractivity contribution in [1.82, 2.24) is 0 Å². The number of hydrogen-bond donors (Lipinski definition) is 2. The molecular formula is C25H22N2. The predicted molar refractivity (Wildman–Crippen MR) is 115 cm³/mol. The maximum absolute atomic E-state index is 3.60. The molecule has 4 aromatic rings. The minimum absolute atomic E-state index is 0.831. The second-order valence-electron chi connectivity index (χ2n) is 7.19. The van der Waals surface area contributed by atoms with Crippen molar-refractivity contribution in [3.63, 3.8) is 0 Å². The summed E-state index contributed by atoms with van der Waals surface area (Å²) in [6, 6.07) is 30.4. The van der Waals surface area contributed by atoms with Crippen LogP contribution < -0.4 is 10.6 Å². The quantitative estimate of drug-likeness (QED) is 0.453. The van der Waals surface area contributed by atoms with E-state index in [0.29, 0.717) is 0 Å². The third kappa shape index (κ3) is 3.26. The molecular weight excluding hydrogens is 328 g/mol. The third-order valence-corrected chi connectivity index (χ3v) is 5.37. The maximum atomic E-state index is 3.60. The van der Waals surface area contributed by atoms with Gasteiger partial charge in [-0.05, 0) is 70.6 Å². The normalized spacial score (nSPS) is 12.6. The molecule has 0 atom stereocenters. The number of nitrogens with one attached hydrogen (secondary N) is 2. The van der Waals surface area contributed by atoms with Crippen LogP contribution in [0.5, 0.6) is 0 Å². The molecule has 1 aliphatic rings. The van der Waals surface area contributed by atoms with Gasteiger partial charge in [0.15, 0.2) is 0 Å². The van der Waals surface area contributed by atoms with E-state index < -0.39 is 0 Å². The summed E-state index contributed by atoms with van der Waals surface area (Å²) >= 11 is 0. The van der Waals surface area contributed by atoms with E-state index in [1.165, 1.54) is 44.5 Å². The van der Waals surface area contributed by atoms with Gasteiger partial charge in [-0.1, -0.05) is 54.6 Å². The average molecular weight is 350 g/mol. The molecule has 0 fully saturated rings. The zero-order chi connectivity index (χ0) is 18.1. The lowest BCUT2D eigenvalue weighted by Crippen LogP contribution is -2.01. The van der Waals surface area contributed by atoms with Crippen molar-refractivity contribution in [2.24, 2.45) is 0 Å². The van der Waals surface area contributed by atoms with Gasteiger partial charge in [-0.3, -0.25) is 0 Å². The number of para-hydroxylation sites is 1. The number of aryl methyl sites for hydroxylation is 2. The number of hydrogen-bond acceptors (Lipinski definition) is 2. The van der Waals surface area contributed by atoms with Gasteiger partial charge in [0.1, 0.15) is 0 Å². The molecule has 0 saturated heterocycles. The van der Waals surface area contributed by atoms with Crippen LogP contribution in [0, 0.1) is 0 Å². The van der Waals surface area contributed by atoms with E-state index in [-0.39, 0.29) is 0 Å². The Hall–Kier alpha value is -3.26. The molecule has 0 aromatic heterocycles. The summed E-state index contributed by atoms with van der Waals surface area (Å²) in [5.74, 6) is 0. The van der Waals surface area contributed by atoms with Gasteiger partial charge in [0, 0.05) is 23.6 Å². The van der Waals surface area contributed by atoms with Crippen LogP contribution in [0.25, 0.3) is 10.8 Å². The van der Waals surface area contributed by atoms with Crippen molar-refractivity contribution in [1.29, 1.82) is 0 Å². The van der Waals surface area contributed by atoms with Crippen molar-refractivity contribution in [3.8, 4) is 0 Å². The van der Waals surface area contributed by atoms with Crippen molar-refractivity contribution < 1.29 is 0 Å². The van der Waals surface area contributed by atoms with Gasteiger partial charge in [-0.25, -0.2) is 0 Å². The number of anilines is 3. The van der Waals surface area contributed by atoms with E-state index in [4.69, 9.17) is 0 Å². The minimum atomic E-state index is 0.831. The van der Waals surface area contributed by atoms with E-state index in [1.807, 2.05) is 0 Å².